The number of hydrogen-bond donors (Lipinski definition) is 3. The average molecular weight is 172 g/mol. The molecule has 0 saturated carbocycles. The molecule has 0 aliphatic rings. The minimum Gasteiger partial charge on any atom is -0.480 e. The second kappa shape index (κ2) is 3.72. The number of nitrogens with one attached hydrogen (secondary N) is 1. The van der Waals surface area contributed by atoms with E-state index in [0.29, 0.717) is 0 Å². The van der Waals surface area contributed by atoms with Gasteiger partial charge in [0.1, 0.15) is 12.3 Å². The average Bonchev–Trinajstić information content (AvgIpc) is 2.51. The first-order valence-electron chi connectivity index (χ1n) is 3.24. The quantitative estimate of drug-likeness (QED) is 0.568. The second-order valence-electron chi connectivity index (χ2n) is 2.10. The van der Waals surface area contributed by atoms with Gasteiger partial charge in [0.15, 0.2) is 5.82 Å². The van der Waals surface area contributed by atoms with Crippen LogP contribution in [-0.2, 0) is 4.79 Å². The lowest BCUT2D eigenvalue weighted by atomic mass is 10.3. The van der Waals surface area contributed by atoms with Gasteiger partial charge in [-0.15, -0.1) is 0 Å². The molecule has 0 aromatic carbocycles. The normalized spacial score (nSPS) is 12.4. The third kappa shape index (κ3) is 1.96. The van der Waals surface area contributed by atoms with Crippen LogP contribution in [0.5, 0.6) is 0 Å². The Bertz CT molecular complexity index is 246. The van der Waals surface area contributed by atoms with Crippen molar-refractivity contribution < 1.29 is 19.5 Å². The van der Waals surface area contributed by atoms with Gasteiger partial charge < -0.3 is 20.1 Å². The third-order valence-corrected chi connectivity index (χ3v) is 1.24. The van der Waals surface area contributed by atoms with Crippen molar-refractivity contribution in [2.24, 2.45) is 0 Å². The lowest BCUT2D eigenvalue weighted by molar-refractivity contribution is -0.138. The van der Waals surface area contributed by atoms with Crippen LogP contribution in [-0.4, -0.2) is 34.0 Å². The van der Waals surface area contributed by atoms with Crippen molar-refractivity contribution >= 4 is 11.8 Å². The van der Waals surface area contributed by atoms with Gasteiger partial charge in [-0.2, -0.15) is 0 Å². The topological polar surface area (TPSA) is 95.6 Å². The van der Waals surface area contributed by atoms with Crippen LogP contribution in [0.15, 0.2) is 16.9 Å². The van der Waals surface area contributed by atoms with E-state index in [4.69, 9.17) is 10.2 Å². The molecule has 1 aromatic heterocycles. The van der Waals surface area contributed by atoms with E-state index in [1.54, 1.807) is 0 Å². The van der Waals surface area contributed by atoms with Gasteiger partial charge in [-0.1, -0.05) is 5.16 Å². The first-order valence-corrected chi connectivity index (χ1v) is 3.24. The minimum atomic E-state index is -1.14. The number of rotatable bonds is 4. The molecule has 3 N–H and O–H groups in total. The molecule has 0 saturated heterocycles. The zero-order chi connectivity index (χ0) is 8.97. The van der Waals surface area contributed by atoms with Gasteiger partial charge in [0.25, 0.3) is 0 Å². The summed E-state index contributed by atoms with van der Waals surface area (Å²) in [6.07, 6.45) is 1.30. The van der Waals surface area contributed by atoms with Crippen LogP contribution < -0.4 is 5.32 Å². The Hall–Kier alpha value is -1.56. The number of aliphatic carboxylic acids is 1. The Morgan fingerprint density at radius 3 is 3.00 bits per heavy atom. The lowest BCUT2D eigenvalue weighted by Gasteiger charge is -2.08. The fourth-order valence-electron chi connectivity index (χ4n) is 0.651. The van der Waals surface area contributed by atoms with Gasteiger partial charge in [-0.25, -0.2) is 4.79 Å². The zero-order valence-electron chi connectivity index (χ0n) is 6.10. The molecule has 6 heteroatoms. The molecule has 1 atom stereocenters. The summed E-state index contributed by atoms with van der Waals surface area (Å²) in [7, 11) is 0. The van der Waals surface area contributed by atoms with E-state index in [0.717, 1.165) is 0 Å². The van der Waals surface area contributed by atoms with Gasteiger partial charge in [0.05, 0.1) is 6.61 Å². The maximum absolute atomic E-state index is 10.4. The SMILES string of the molecule is O=C(O)C(CO)Nc1ccon1. The number of hydrogen-bond acceptors (Lipinski definition) is 5. The summed E-state index contributed by atoms with van der Waals surface area (Å²) < 4.78 is 4.45. The molecule has 0 amide bonds. The van der Waals surface area contributed by atoms with Crippen molar-refractivity contribution in [2.75, 3.05) is 11.9 Å². The molecule has 0 aliphatic heterocycles. The Morgan fingerprint density at radius 2 is 2.58 bits per heavy atom. The Morgan fingerprint density at radius 1 is 1.83 bits per heavy atom. The minimum absolute atomic E-state index is 0.288. The van der Waals surface area contributed by atoms with E-state index in [9.17, 15) is 4.79 Å². The molecular formula is C6H8N2O4. The number of carboxylic acid groups (broad SMARTS) is 1. The molecule has 1 unspecified atom stereocenters. The van der Waals surface area contributed by atoms with Crippen molar-refractivity contribution in [1.82, 2.24) is 5.16 Å². The molecule has 1 heterocycles. The highest BCUT2D eigenvalue weighted by Crippen LogP contribution is 2.03. The molecule has 1 aromatic rings. The number of carbonyl (C=O) groups is 1. The fraction of sp³-hybridized carbons (Fsp3) is 0.333. The van der Waals surface area contributed by atoms with E-state index in [2.05, 4.69) is 15.0 Å². The van der Waals surface area contributed by atoms with Crippen molar-refractivity contribution in [1.29, 1.82) is 0 Å². The van der Waals surface area contributed by atoms with Crippen LogP contribution in [0.4, 0.5) is 5.82 Å². The Labute approximate surface area is 67.8 Å². The number of aliphatic hydroxyl groups excluding tert-OH is 1. The summed E-state index contributed by atoms with van der Waals surface area (Å²) in [4.78, 5) is 10.4. The Kier molecular flexibility index (Phi) is 2.65. The van der Waals surface area contributed by atoms with Gasteiger partial charge >= 0.3 is 5.97 Å². The van der Waals surface area contributed by atoms with Crippen molar-refractivity contribution in [3.05, 3.63) is 12.3 Å². The first-order chi connectivity index (χ1) is 5.74. The fourth-order valence-corrected chi connectivity index (χ4v) is 0.651. The maximum Gasteiger partial charge on any atom is 0.328 e. The van der Waals surface area contributed by atoms with Crippen LogP contribution in [0.1, 0.15) is 0 Å². The molecule has 12 heavy (non-hydrogen) atoms. The standard InChI is InChI=1S/C6H8N2O4/c9-3-4(6(10)11)7-5-1-2-12-8-5/h1-2,4,9H,3H2,(H,7,8)(H,10,11). The summed E-state index contributed by atoms with van der Waals surface area (Å²) in [6, 6.07) is 0.418. The van der Waals surface area contributed by atoms with Crippen LogP contribution >= 0.6 is 0 Å². The molecule has 1 rings (SSSR count). The first kappa shape index (κ1) is 8.54. The second-order valence-corrected chi connectivity index (χ2v) is 2.10. The Balaban J connectivity index is 2.54. The number of anilines is 1. The van der Waals surface area contributed by atoms with E-state index in [-0.39, 0.29) is 5.82 Å². The molecule has 0 radical (unpaired) electrons. The van der Waals surface area contributed by atoms with E-state index in [1.807, 2.05) is 0 Å². The highest BCUT2D eigenvalue weighted by atomic mass is 16.5. The van der Waals surface area contributed by atoms with E-state index in [1.165, 1.54) is 12.3 Å². The number of carboxylic acids is 1. The van der Waals surface area contributed by atoms with Crippen LogP contribution in [0.2, 0.25) is 0 Å². The third-order valence-electron chi connectivity index (χ3n) is 1.24. The summed E-state index contributed by atoms with van der Waals surface area (Å²) >= 11 is 0. The summed E-state index contributed by atoms with van der Waals surface area (Å²) in [5.74, 6) is -0.850. The monoisotopic (exact) mass is 172 g/mol. The lowest BCUT2D eigenvalue weighted by Crippen LogP contribution is -2.32. The van der Waals surface area contributed by atoms with Gasteiger partial charge in [-0.05, 0) is 0 Å². The van der Waals surface area contributed by atoms with Gasteiger partial charge in [-0.3, -0.25) is 0 Å². The molecule has 0 fully saturated rings. The molecule has 0 aliphatic carbocycles. The highest BCUT2D eigenvalue weighted by molar-refractivity contribution is 5.76. The molecule has 0 bridgehead atoms. The molecule has 0 spiro atoms. The number of nitrogens with zero attached hydrogens (tertiary/aromatic N) is 1. The number of aliphatic hydroxyl groups is 1. The van der Waals surface area contributed by atoms with E-state index < -0.39 is 18.6 Å². The van der Waals surface area contributed by atoms with Gasteiger partial charge in [0.2, 0.25) is 0 Å². The van der Waals surface area contributed by atoms with Crippen molar-refractivity contribution in [3.8, 4) is 0 Å². The summed E-state index contributed by atoms with van der Waals surface area (Å²) in [6.45, 7) is -0.498. The summed E-state index contributed by atoms with van der Waals surface area (Å²) in [5, 5.41) is 23.0. The largest absolute Gasteiger partial charge is 0.480 e. The predicted octanol–water partition coefficient (Wildman–Crippen LogP) is -0.468. The van der Waals surface area contributed by atoms with Crippen LogP contribution in [0.3, 0.4) is 0 Å². The van der Waals surface area contributed by atoms with Crippen LogP contribution in [0.25, 0.3) is 0 Å². The van der Waals surface area contributed by atoms with E-state index >= 15 is 0 Å². The molecule has 66 valence electrons. The van der Waals surface area contributed by atoms with Crippen LogP contribution in [0, 0.1) is 0 Å². The van der Waals surface area contributed by atoms with Crippen molar-refractivity contribution in [3.63, 3.8) is 0 Å². The van der Waals surface area contributed by atoms with Gasteiger partial charge in [0, 0.05) is 6.07 Å². The maximum atomic E-state index is 10.4. The van der Waals surface area contributed by atoms with Crippen molar-refractivity contribution in [2.45, 2.75) is 6.04 Å². The summed E-state index contributed by atoms with van der Waals surface area (Å²) in [5.41, 5.74) is 0. The molecular weight excluding hydrogens is 164 g/mol. The smallest absolute Gasteiger partial charge is 0.328 e. The number of aromatic nitrogens is 1. The predicted molar refractivity (Wildman–Crippen MR) is 38.6 cm³/mol. The molecule has 6 nitrogen and oxygen atoms in total. The highest BCUT2D eigenvalue weighted by Gasteiger charge is 2.16. The zero-order valence-corrected chi connectivity index (χ0v) is 6.10.